The van der Waals surface area contributed by atoms with Crippen molar-refractivity contribution in [2.45, 2.75) is 32.3 Å². The van der Waals surface area contributed by atoms with Crippen LogP contribution in [0.2, 0.25) is 0 Å². The first kappa shape index (κ1) is 15.7. The van der Waals surface area contributed by atoms with E-state index in [0.717, 1.165) is 49.6 Å². The monoisotopic (exact) mass is 324 g/mol. The Balaban J connectivity index is 1.69. The summed E-state index contributed by atoms with van der Waals surface area (Å²) in [5.74, 6) is 1.45. The van der Waals surface area contributed by atoms with Crippen LogP contribution in [0.4, 0.5) is 0 Å². The number of pyridine rings is 1. The number of rotatable bonds is 3. The fourth-order valence-electron chi connectivity index (χ4n) is 3.97. The molecule has 24 heavy (non-hydrogen) atoms. The largest absolute Gasteiger partial charge is 0.376 e. The highest BCUT2D eigenvalue weighted by molar-refractivity contribution is 5.54. The van der Waals surface area contributed by atoms with Crippen LogP contribution >= 0.6 is 0 Å². The average Bonchev–Trinajstić information content (AvgIpc) is 2.98. The van der Waals surface area contributed by atoms with E-state index in [1.54, 1.807) is 6.20 Å². The molecule has 1 atom stereocenters. The molecule has 0 N–H and O–H groups in total. The standard InChI is InChI=1S/C19H24N4O/c1-14(2)10-23-7-5-19(12-23)13-24-11-16-9-21-18(22-17(16)19)15-4-3-6-20-8-15/h3-4,6,8-9,14H,5,7,10-13H2,1-2H3. The van der Waals surface area contributed by atoms with E-state index in [4.69, 9.17) is 9.72 Å². The molecule has 1 fully saturated rings. The quantitative estimate of drug-likeness (QED) is 0.869. The van der Waals surface area contributed by atoms with Crippen molar-refractivity contribution in [2.75, 3.05) is 26.2 Å². The van der Waals surface area contributed by atoms with Gasteiger partial charge in [0.1, 0.15) is 0 Å². The third-order valence-corrected chi connectivity index (χ3v) is 4.98. The minimum atomic E-state index is 0.0162. The molecule has 0 radical (unpaired) electrons. The number of hydrogen-bond acceptors (Lipinski definition) is 5. The Morgan fingerprint density at radius 2 is 2.25 bits per heavy atom. The summed E-state index contributed by atoms with van der Waals surface area (Å²) in [5.41, 5.74) is 3.32. The van der Waals surface area contributed by atoms with Crippen LogP contribution in [0.3, 0.4) is 0 Å². The molecule has 0 bridgehead atoms. The summed E-state index contributed by atoms with van der Waals surface area (Å²) < 4.78 is 5.91. The van der Waals surface area contributed by atoms with Gasteiger partial charge in [-0.2, -0.15) is 0 Å². The van der Waals surface area contributed by atoms with Crippen molar-refractivity contribution in [3.05, 3.63) is 42.0 Å². The number of likely N-dealkylation sites (tertiary alicyclic amines) is 1. The molecule has 4 heterocycles. The first-order chi connectivity index (χ1) is 11.7. The van der Waals surface area contributed by atoms with Gasteiger partial charge in [0.25, 0.3) is 0 Å². The van der Waals surface area contributed by atoms with Crippen LogP contribution < -0.4 is 0 Å². The molecule has 2 aromatic rings. The fraction of sp³-hybridized carbons (Fsp3) is 0.526. The molecule has 1 unspecified atom stereocenters. The van der Waals surface area contributed by atoms with E-state index in [1.165, 1.54) is 5.69 Å². The number of aromatic nitrogens is 3. The van der Waals surface area contributed by atoms with Gasteiger partial charge < -0.3 is 9.64 Å². The lowest BCUT2D eigenvalue weighted by Gasteiger charge is -2.34. The van der Waals surface area contributed by atoms with Crippen molar-refractivity contribution < 1.29 is 4.74 Å². The normalized spacial score (nSPS) is 23.8. The molecule has 0 amide bonds. The molecule has 0 saturated carbocycles. The minimum absolute atomic E-state index is 0.0162. The maximum Gasteiger partial charge on any atom is 0.160 e. The second-order valence-corrected chi connectivity index (χ2v) is 7.46. The van der Waals surface area contributed by atoms with Crippen molar-refractivity contribution in [3.63, 3.8) is 0 Å². The Hall–Kier alpha value is -1.85. The molecule has 126 valence electrons. The minimum Gasteiger partial charge on any atom is -0.376 e. The Morgan fingerprint density at radius 3 is 3.04 bits per heavy atom. The summed E-state index contributed by atoms with van der Waals surface area (Å²) in [6.07, 6.45) is 6.65. The summed E-state index contributed by atoms with van der Waals surface area (Å²) in [6.45, 7) is 9.22. The smallest absolute Gasteiger partial charge is 0.160 e. The second-order valence-electron chi connectivity index (χ2n) is 7.46. The average molecular weight is 324 g/mol. The first-order valence-electron chi connectivity index (χ1n) is 8.73. The molecule has 2 aliphatic rings. The highest BCUT2D eigenvalue weighted by Gasteiger charge is 2.44. The van der Waals surface area contributed by atoms with Crippen molar-refractivity contribution in [1.29, 1.82) is 0 Å². The lowest BCUT2D eigenvalue weighted by molar-refractivity contribution is 0.0501. The summed E-state index contributed by atoms with van der Waals surface area (Å²) in [5, 5.41) is 0. The van der Waals surface area contributed by atoms with E-state index in [2.05, 4.69) is 28.7 Å². The van der Waals surface area contributed by atoms with Crippen molar-refractivity contribution in [3.8, 4) is 11.4 Å². The van der Waals surface area contributed by atoms with Crippen LogP contribution in [-0.4, -0.2) is 46.1 Å². The van der Waals surface area contributed by atoms with E-state index < -0.39 is 0 Å². The second kappa shape index (κ2) is 6.22. The van der Waals surface area contributed by atoms with Crippen LogP contribution in [0.15, 0.2) is 30.7 Å². The molecule has 4 rings (SSSR count). The molecule has 2 aromatic heterocycles. The van der Waals surface area contributed by atoms with E-state index >= 15 is 0 Å². The van der Waals surface area contributed by atoms with Gasteiger partial charge >= 0.3 is 0 Å². The lowest BCUT2D eigenvalue weighted by atomic mass is 9.80. The molecular weight excluding hydrogens is 300 g/mol. The SMILES string of the molecule is CC(C)CN1CCC2(COCc3cnc(-c4cccnc4)nc32)C1. The Kier molecular flexibility index (Phi) is 4.06. The van der Waals surface area contributed by atoms with Crippen LogP contribution in [-0.2, 0) is 16.8 Å². The summed E-state index contributed by atoms with van der Waals surface area (Å²) >= 11 is 0. The van der Waals surface area contributed by atoms with E-state index in [1.807, 2.05) is 24.5 Å². The molecule has 0 aromatic carbocycles. The van der Waals surface area contributed by atoms with Gasteiger partial charge in [-0.25, -0.2) is 9.97 Å². The van der Waals surface area contributed by atoms with Gasteiger partial charge in [0.05, 0.1) is 24.3 Å². The van der Waals surface area contributed by atoms with Gasteiger partial charge in [-0.3, -0.25) is 4.98 Å². The first-order valence-corrected chi connectivity index (χ1v) is 8.73. The highest BCUT2D eigenvalue weighted by Crippen LogP contribution is 2.39. The third-order valence-electron chi connectivity index (χ3n) is 4.98. The molecule has 0 aliphatic carbocycles. The predicted octanol–water partition coefficient (Wildman–Crippen LogP) is 2.67. The predicted molar refractivity (Wildman–Crippen MR) is 92.5 cm³/mol. The zero-order valence-electron chi connectivity index (χ0n) is 14.4. The molecule has 1 saturated heterocycles. The Morgan fingerprint density at radius 1 is 1.33 bits per heavy atom. The molecule has 2 aliphatic heterocycles. The van der Waals surface area contributed by atoms with Crippen molar-refractivity contribution in [2.24, 2.45) is 5.92 Å². The van der Waals surface area contributed by atoms with Gasteiger partial charge in [-0.05, 0) is 31.0 Å². The fourth-order valence-corrected chi connectivity index (χ4v) is 3.97. The Bertz CT molecular complexity index is 719. The number of ether oxygens (including phenoxy) is 1. The van der Waals surface area contributed by atoms with Gasteiger partial charge in [0.15, 0.2) is 5.82 Å². The van der Waals surface area contributed by atoms with Crippen LogP contribution in [0.1, 0.15) is 31.5 Å². The maximum atomic E-state index is 5.91. The molecular formula is C19H24N4O. The van der Waals surface area contributed by atoms with Crippen LogP contribution in [0.5, 0.6) is 0 Å². The van der Waals surface area contributed by atoms with Crippen LogP contribution in [0.25, 0.3) is 11.4 Å². The molecule has 5 heteroatoms. The lowest BCUT2D eigenvalue weighted by Crippen LogP contribution is -2.41. The van der Waals surface area contributed by atoms with E-state index in [0.29, 0.717) is 12.5 Å². The number of fused-ring (bicyclic) bond motifs is 2. The number of hydrogen-bond donors (Lipinski definition) is 0. The van der Waals surface area contributed by atoms with Crippen molar-refractivity contribution in [1.82, 2.24) is 19.9 Å². The summed E-state index contributed by atoms with van der Waals surface area (Å²) in [6, 6.07) is 3.94. The summed E-state index contributed by atoms with van der Waals surface area (Å²) in [7, 11) is 0. The number of nitrogens with zero attached hydrogens (tertiary/aromatic N) is 4. The van der Waals surface area contributed by atoms with Gasteiger partial charge in [0, 0.05) is 42.8 Å². The van der Waals surface area contributed by atoms with Gasteiger partial charge in [0.2, 0.25) is 0 Å². The van der Waals surface area contributed by atoms with E-state index in [-0.39, 0.29) is 5.41 Å². The highest BCUT2D eigenvalue weighted by atomic mass is 16.5. The summed E-state index contributed by atoms with van der Waals surface area (Å²) in [4.78, 5) is 16.3. The van der Waals surface area contributed by atoms with Gasteiger partial charge in [-0.1, -0.05) is 13.8 Å². The van der Waals surface area contributed by atoms with Gasteiger partial charge in [-0.15, -0.1) is 0 Å². The zero-order valence-corrected chi connectivity index (χ0v) is 14.4. The molecule has 5 nitrogen and oxygen atoms in total. The van der Waals surface area contributed by atoms with Crippen molar-refractivity contribution >= 4 is 0 Å². The third kappa shape index (κ3) is 2.82. The zero-order chi connectivity index (χ0) is 16.6. The van der Waals surface area contributed by atoms with Crippen LogP contribution in [0, 0.1) is 5.92 Å². The maximum absolute atomic E-state index is 5.91. The topological polar surface area (TPSA) is 51.1 Å². The van der Waals surface area contributed by atoms with E-state index in [9.17, 15) is 0 Å². The Labute approximate surface area is 143 Å². The molecule has 1 spiro atoms.